The number of hydrogen-bond acceptors (Lipinski definition) is 6. The smallest absolute Gasteiger partial charge is 0.326 e. The predicted octanol–water partition coefficient (Wildman–Crippen LogP) is 3.45. The number of aryl methyl sites for hydroxylation is 2. The van der Waals surface area contributed by atoms with E-state index in [-0.39, 0.29) is 17.3 Å². The molecule has 0 atom stereocenters. The van der Waals surface area contributed by atoms with Crippen LogP contribution in [0.5, 0.6) is 0 Å². The van der Waals surface area contributed by atoms with Crippen LogP contribution in [0.4, 0.5) is 5.69 Å². The number of amides is 1. The number of benzene rings is 2. The van der Waals surface area contributed by atoms with Gasteiger partial charge in [0.1, 0.15) is 12.1 Å². The van der Waals surface area contributed by atoms with Gasteiger partial charge in [-0.25, -0.2) is 8.42 Å². The van der Waals surface area contributed by atoms with Crippen LogP contribution in [0.25, 0.3) is 0 Å². The van der Waals surface area contributed by atoms with Gasteiger partial charge in [-0.3, -0.25) is 14.3 Å². The van der Waals surface area contributed by atoms with E-state index < -0.39 is 21.6 Å². The summed E-state index contributed by atoms with van der Waals surface area (Å²) >= 11 is 0. The summed E-state index contributed by atoms with van der Waals surface area (Å²) < 4.78 is 33.4. The van der Waals surface area contributed by atoms with Crippen molar-refractivity contribution in [2.24, 2.45) is 0 Å². The maximum Gasteiger partial charge on any atom is 0.326 e. The van der Waals surface area contributed by atoms with Crippen molar-refractivity contribution in [3.63, 3.8) is 0 Å². The number of carbonyl (C=O) groups excluding carboxylic acids is 2. The van der Waals surface area contributed by atoms with Crippen LogP contribution in [0, 0.1) is 13.8 Å². The number of hydrogen-bond donors (Lipinski definition) is 1. The number of nitrogens with zero attached hydrogens (tertiary/aromatic N) is 2. The van der Waals surface area contributed by atoms with Crippen molar-refractivity contribution in [1.29, 1.82) is 0 Å². The normalized spacial score (nSPS) is 11.9. The van der Waals surface area contributed by atoms with Crippen LogP contribution in [0.2, 0.25) is 0 Å². The minimum Gasteiger partial charge on any atom is -0.459 e. The zero-order valence-electron chi connectivity index (χ0n) is 21.0. The molecule has 8 nitrogen and oxygen atoms in total. The van der Waals surface area contributed by atoms with Crippen molar-refractivity contribution in [3.05, 3.63) is 59.2 Å². The Hall–Kier alpha value is -2.91. The Morgan fingerprint density at radius 3 is 2.09 bits per heavy atom. The van der Waals surface area contributed by atoms with Crippen LogP contribution in [-0.2, 0) is 19.6 Å². The fraction of sp³-hybridized carbons (Fsp3) is 0.440. The van der Waals surface area contributed by atoms with E-state index >= 15 is 0 Å². The lowest BCUT2D eigenvalue weighted by atomic mass is 10.1. The lowest BCUT2D eigenvalue weighted by Gasteiger charge is -2.26. The van der Waals surface area contributed by atoms with Gasteiger partial charge >= 0.3 is 5.97 Å². The van der Waals surface area contributed by atoms with Crippen molar-refractivity contribution in [2.75, 3.05) is 38.5 Å². The van der Waals surface area contributed by atoms with Gasteiger partial charge in [0.15, 0.2) is 0 Å². The third-order valence-corrected chi connectivity index (χ3v) is 6.40. The van der Waals surface area contributed by atoms with Crippen molar-refractivity contribution >= 4 is 27.6 Å². The number of sulfonamides is 1. The largest absolute Gasteiger partial charge is 0.459 e. The Morgan fingerprint density at radius 1 is 0.941 bits per heavy atom. The summed E-state index contributed by atoms with van der Waals surface area (Å²) in [5.74, 6) is -0.825. The van der Waals surface area contributed by atoms with Crippen molar-refractivity contribution in [1.82, 2.24) is 9.80 Å². The highest BCUT2D eigenvalue weighted by atomic mass is 32.2. The first-order valence-corrected chi connectivity index (χ1v) is 12.5. The van der Waals surface area contributed by atoms with E-state index in [9.17, 15) is 18.0 Å². The number of carbonyl (C=O) groups is 2. The molecule has 2 aromatic carbocycles. The molecule has 0 radical (unpaired) electrons. The Labute approximate surface area is 202 Å². The molecule has 0 saturated heterocycles. The lowest BCUT2D eigenvalue weighted by molar-refractivity contribution is -0.155. The van der Waals surface area contributed by atoms with Crippen molar-refractivity contribution in [3.8, 4) is 0 Å². The molecular weight excluding hydrogens is 454 g/mol. The molecule has 2 rings (SSSR count). The number of rotatable bonds is 9. The highest BCUT2D eigenvalue weighted by Gasteiger charge is 2.23. The first-order valence-electron chi connectivity index (χ1n) is 11.0. The van der Waals surface area contributed by atoms with Crippen LogP contribution in [-0.4, -0.2) is 69.4 Å². The van der Waals surface area contributed by atoms with E-state index in [2.05, 4.69) is 4.72 Å². The zero-order valence-corrected chi connectivity index (χ0v) is 21.8. The molecule has 186 valence electrons. The molecular formula is C25H35N3O5S. The topological polar surface area (TPSA) is 96.0 Å². The second kappa shape index (κ2) is 11.0. The van der Waals surface area contributed by atoms with Crippen LogP contribution in [0.1, 0.15) is 42.3 Å². The van der Waals surface area contributed by atoms with E-state index in [0.29, 0.717) is 24.3 Å². The molecule has 0 saturated carbocycles. The fourth-order valence-electron chi connectivity index (χ4n) is 3.06. The Bertz CT molecular complexity index is 1120. The van der Waals surface area contributed by atoms with E-state index in [1.165, 1.54) is 17.0 Å². The zero-order chi connectivity index (χ0) is 25.7. The van der Waals surface area contributed by atoms with Gasteiger partial charge in [0, 0.05) is 24.3 Å². The summed E-state index contributed by atoms with van der Waals surface area (Å²) in [6.07, 6.45) is 0. The molecule has 0 aliphatic rings. The third-order valence-electron chi connectivity index (χ3n) is 5.02. The number of nitrogens with one attached hydrogen (secondary N) is 1. The number of ether oxygens (including phenoxy) is 1. The van der Waals surface area contributed by atoms with Crippen LogP contribution < -0.4 is 4.72 Å². The minimum atomic E-state index is -3.77. The molecule has 9 heteroatoms. The van der Waals surface area contributed by atoms with E-state index in [0.717, 1.165) is 11.1 Å². The highest BCUT2D eigenvalue weighted by Crippen LogP contribution is 2.20. The van der Waals surface area contributed by atoms with Gasteiger partial charge in [-0.15, -0.1) is 0 Å². The number of likely N-dealkylation sites (N-methyl/N-ethyl adjacent to an activating group) is 1. The van der Waals surface area contributed by atoms with E-state index in [1.807, 2.05) is 32.8 Å². The lowest BCUT2D eigenvalue weighted by Crippen LogP contribution is -2.42. The van der Waals surface area contributed by atoms with Gasteiger partial charge in [-0.05, 0) is 96.2 Å². The Kier molecular flexibility index (Phi) is 8.85. The van der Waals surface area contributed by atoms with Gasteiger partial charge < -0.3 is 14.5 Å². The molecule has 0 aliphatic carbocycles. The summed E-state index contributed by atoms with van der Waals surface area (Å²) in [6.45, 7) is 9.82. The fourth-order valence-corrected chi connectivity index (χ4v) is 4.20. The third kappa shape index (κ3) is 8.14. The summed E-state index contributed by atoms with van der Waals surface area (Å²) in [6, 6.07) is 11.1. The molecule has 0 unspecified atom stereocenters. The van der Waals surface area contributed by atoms with Crippen molar-refractivity contribution < 1.29 is 22.7 Å². The Morgan fingerprint density at radius 2 is 1.56 bits per heavy atom. The summed E-state index contributed by atoms with van der Waals surface area (Å²) in [5, 5.41) is 0. The molecule has 0 bridgehead atoms. The molecule has 0 aliphatic heterocycles. The minimum absolute atomic E-state index is 0.169. The molecule has 1 N–H and O–H groups in total. The summed E-state index contributed by atoms with van der Waals surface area (Å²) in [4.78, 5) is 29.0. The highest BCUT2D eigenvalue weighted by molar-refractivity contribution is 7.92. The van der Waals surface area contributed by atoms with Gasteiger partial charge in [0.25, 0.3) is 15.9 Å². The second-order valence-electron chi connectivity index (χ2n) is 9.55. The van der Waals surface area contributed by atoms with E-state index in [1.54, 1.807) is 51.1 Å². The van der Waals surface area contributed by atoms with Crippen LogP contribution in [0.15, 0.2) is 47.4 Å². The molecule has 0 heterocycles. The summed E-state index contributed by atoms with van der Waals surface area (Å²) in [7, 11) is -0.00248. The Balaban J connectivity index is 2.17. The molecule has 0 spiro atoms. The first kappa shape index (κ1) is 27.3. The standard InChI is InChI=1S/C25H35N3O5S/c1-18-8-13-22(16-19(18)2)34(31,32)26-21-11-9-20(10-12-21)24(30)28(15-14-27(6)7)17-23(29)33-25(3,4)5/h8-13,16,26H,14-15,17H2,1-7H3. The number of anilines is 1. The van der Waals surface area contributed by atoms with Crippen LogP contribution in [0.3, 0.4) is 0 Å². The molecule has 34 heavy (non-hydrogen) atoms. The molecule has 0 fully saturated rings. The monoisotopic (exact) mass is 489 g/mol. The quantitative estimate of drug-likeness (QED) is 0.542. The molecule has 1 amide bonds. The van der Waals surface area contributed by atoms with Crippen molar-refractivity contribution in [2.45, 2.75) is 45.1 Å². The van der Waals surface area contributed by atoms with Gasteiger partial charge in [-0.1, -0.05) is 6.07 Å². The molecule has 0 aromatic heterocycles. The van der Waals surface area contributed by atoms with E-state index in [4.69, 9.17) is 4.74 Å². The van der Waals surface area contributed by atoms with Gasteiger partial charge in [-0.2, -0.15) is 0 Å². The maximum atomic E-state index is 13.1. The predicted molar refractivity (Wildman–Crippen MR) is 133 cm³/mol. The second-order valence-corrected chi connectivity index (χ2v) is 11.2. The van der Waals surface area contributed by atoms with Gasteiger partial charge in [0.05, 0.1) is 4.90 Å². The number of esters is 1. The average molecular weight is 490 g/mol. The maximum absolute atomic E-state index is 13.1. The van der Waals surface area contributed by atoms with Gasteiger partial charge in [0.2, 0.25) is 0 Å². The first-order chi connectivity index (χ1) is 15.7. The van der Waals surface area contributed by atoms with Crippen LogP contribution >= 0.6 is 0 Å². The average Bonchev–Trinajstić information content (AvgIpc) is 2.71. The molecule has 2 aromatic rings. The SMILES string of the molecule is Cc1ccc(S(=O)(=O)Nc2ccc(C(=O)N(CCN(C)C)CC(=O)OC(C)(C)C)cc2)cc1C. The summed E-state index contributed by atoms with van der Waals surface area (Å²) in [5.41, 5.74) is 1.92.